The molecule has 9 N–H and O–H groups in total. The zero-order valence-corrected chi connectivity index (χ0v) is 19.1. The van der Waals surface area contributed by atoms with Gasteiger partial charge in [-0.05, 0) is 24.9 Å². The Labute approximate surface area is 194 Å². The van der Waals surface area contributed by atoms with Crippen LogP contribution in [0.15, 0.2) is 0 Å². The fraction of sp³-hybridized carbons (Fsp3) is 0.647. The Balaban J connectivity index is 5.44. The van der Waals surface area contributed by atoms with E-state index in [1.165, 1.54) is 11.8 Å². The van der Waals surface area contributed by atoms with E-state index >= 15 is 0 Å². The summed E-state index contributed by atoms with van der Waals surface area (Å²) in [5, 5.41) is 24.8. The highest BCUT2D eigenvalue weighted by molar-refractivity contribution is 7.98. The number of nitrogens with two attached hydrogens (primary N) is 2. The van der Waals surface area contributed by atoms with Gasteiger partial charge in [-0.2, -0.15) is 24.4 Å². The Hall–Kier alpha value is -2.52. The summed E-state index contributed by atoms with van der Waals surface area (Å²) in [6.45, 7) is 0. The highest BCUT2D eigenvalue weighted by Crippen LogP contribution is 2.05. The fourth-order valence-electron chi connectivity index (χ4n) is 2.35. The number of carbonyl (C=O) groups is 6. The number of amides is 4. The Morgan fingerprint density at radius 2 is 1.41 bits per heavy atom. The molecular formula is C17H29N5O8S2. The largest absolute Gasteiger partial charge is 0.481 e. The van der Waals surface area contributed by atoms with Gasteiger partial charge in [-0.3, -0.25) is 24.0 Å². The Kier molecular flexibility index (Phi) is 14.1. The summed E-state index contributed by atoms with van der Waals surface area (Å²) in [4.78, 5) is 70.4. The summed E-state index contributed by atoms with van der Waals surface area (Å²) >= 11 is 5.25. The minimum Gasteiger partial charge on any atom is -0.481 e. The first-order valence-electron chi connectivity index (χ1n) is 9.42. The average molecular weight is 496 g/mol. The zero-order valence-electron chi connectivity index (χ0n) is 17.4. The zero-order chi connectivity index (χ0) is 24.8. The first-order chi connectivity index (χ1) is 14.9. The second-order valence-electron chi connectivity index (χ2n) is 6.70. The van der Waals surface area contributed by atoms with E-state index in [1.54, 1.807) is 6.26 Å². The molecule has 4 unspecified atom stereocenters. The predicted octanol–water partition coefficient (Wildman–Crippen LogP) is -2.72. The van der Waals surface area contributed by atoms with Crippen molar-refractivity contribution in [2.75, 3.05) is 17.8 Å². The Morgan fingerprint density at radius 3 is 1.84 bits per heavy atom. The molecule has 0 saturated carbocycles. The van der Waals surface area contributed by atoms with E-state index in [0.29, 0.717) is 5.75 Å². The number of hydrogen-bond donors (Lipinski definition) is 8. The van der Waals surface area contributed by atoms with Gasteiger partial charge in [-0.15, -0.1) is 0 Å². The van der Waals surface area contributed by atoms with Gasteiger partial charge in [-0.1, -0.05) is 0 Å². The number of carbonyl (C=O) groups excluding carboxylic acids is 4. The second kappa shape index (κ2) is 15.3. The molecule has 182 valence electrons. The molecule has 0 aromatic carbocycles. The molecule has 0 heterocycles. The van der Waals surface area contributed by atoms with Crippen LogP contribution in [0.5, 0.6) is 0 Å². The minimum atomic E-state index is -1.45. The van der Waals surface area contributed by atoms with Crippen LogP contribution in [0.1, 0.15) is 25.7 Å². The maximum atomic E-state index is 12.7. The van der Waals surface area contributed by atoms with Crippen molar-refractivity contribution in [1.82, 2.24) is 16.0 Å². The van der Waals surface area contributed by atoms with Gasteiger partial charge in [0, 0.05) is 12.2 Å². The molecule has 0 aromatic rings. The van der Waals surface area contributed by atoms with Crippen LogP contribution in [0.4, 0.5) is 0 Å². The monoisotopic (exact) mass is 495 g/mol. The molecule has 0 spiro atoms. The third-order valence-electron chi connectivity index (χ3n) is 4.08. The lowest BCUT2D eigenvalue weighted by Crippen LogP contribution is -2.57. The number of aliphatic carboxylic acids is 2. The third kappa shape index (κ3) is 11.8. The number of thiol groups is 1. The Bertz CT molecular complexity index is 708. The van der Waals surface area contributed by atoms with Crippen LogP contribution < -0.4 is 27.4 Å². The molecule has 4 atom stereocenters. The number of hydrogen-bond acceptors (Lipinski definition) is 9. The molecule has 0 aliphatic heterocycles. The van der Waals surface area contributed by atoms with Crippen molar-refractivity contribution in [2.24, 2.45) is 11.5 Å². The summed E-state index contributed by atoms with van der Waals surface area (Å²) in [7, 11) is 0. The van der Waals surface area contributed by atoms with E-state index in [2.05, 4.69) is 28.6 Å². The van der Waals surface area contributed by atoms with Gasteiger partial charge in [-0.25, -0.2) is 4.79 Å². The lowest BCUT2D eigenvalue weighted by atomic mass is 10.1. The standard InChI is InChI=1S/C17H29N5O8S2/c1-32-5-4-10(16(28)22-11(7-31)17(29)30)21-15(27)9(2-3-12(19)23)20-14(26)8(18)6-13(24)25/h8-11,31H,2-7,18H2,1H3,(H2,19,23)(H,20,26)(H,21,27)(H,22,28)(H,24,25)(H,29,30). The molecular weight excluding hydrogens is 466 g/mol. The summed E-state index contributed by atoms with van der Waals surface area (Å²) < 4.78 is 0. The third-order valence-corrected chi connectivity index (χ3v) is 5.09. The summed E-state index contributed by atoms with van der Waals surface area (Å²) in [5.74, 6) is -5.66. The highest BCUT2D eigenvalue weighted by Gasteiger charge is 2.30. The van der Waals surface area contributed by atoms with Crippen molar-refractivity contribution in [2.45, 2.75) is 49.9 Å². The first kappa shape index (κ1) is 29.5. The molecule has 4 amide bonds. The van der Waals surface area contributed by atoms with Crippen LogP contribution in [-0.4, -0.2) is 87.7 Å². The van der Waals surface area contributed by atoms with Gasteiger partial charge >= 0.3 is 11.9 Å². The molecule has 0 rings (SSSR count). The fourth-order valence-corrected chi connectivity index (χ4v) is 3.07. The minimum absolute atomic E-state index is 0.146. The smallest absolute Gasteiger partial charge is 0.327 e. The quantitative estimate of drug-likeness (QED) is 0.103. The van der Waals surface area contributed by atoms with Gasteiger partial charge < -0.3 is 37.6 Å². The lowest BCUT2D eigenvalue weighted by molar-refractivity contribution is -0.141. The second-order valence-corrected chi connectivity index (χ2v) is 8.05. The molecule has 0 aliphatic carbocycles. The molecule has 0 saturated heterocycles. The molecule has 13 nitrogen and oxygen atoms in total. The van der Waals surface area contributed by atoms with Crippen LogP contribution in [0.3, 0.4) is 0 Å². The van der Waals surface area contributed by atoms with Crippen molar-refractivity contribution < 1.29 is 39.0 Å². The van der Waals surface area contributed by atoms with Crippen LogP contribution in [0, 0.1) is 0 Å². The summed E-state index contributed by atoms with van der Waals surface area (Å²) in [6.07, 6.45) is 0.721. The number of thioether (sulfide) groups is 1. The maximum absolute atomic E-state index is 12.7. The maximum Gasteiger partial charge on any atom is 0.327 e. The van der Waals surface area contributed by atoms with Crippen molar-refractivity contribution in [3.05, 3.63) is 0 Å². The van der Waals surface area contributed by atoms with Crippen LogP contribution in [0.2, 0.25) is 0 Å². The van der Waals surface area contributed by atoms with E-state index < -0.39 is 66.2 Å². The van der Waals surface area contributed by atoms with Crippen molar-refractivity contribution >= 4 is 60.0 Å². The lowest BCUT2D eigenvalue weighted by Gasteiger charge is -2.24. The van der Waals surface area contributed by atoms with Crippen molar-refractivity contribution in [3.8, 4) is 0 Å². The number of nitrogens with one attached hydrogen (secondary N) is 3. The first-order valence-corrected chi connectivity index (χ1v) is 11.4. The van der Waals surface area contributed by atoms with Gasteiger partial charge in [0.25, 0.3) is 0 Å². The van der Waals surface area contributed by atoms with E-state index in [4.69, 9.17) is 21.7 Å². The predicted molar refractivity (Wildman–Crippen MR) is 119 cm³/mol. The van der Waals surface area contributed by atoms with Crippen molar-refractivity contribution in [1.29, 1.82) is 0 Å². The highest BCUT2D eigenvalue weighted by atomic mass is 32.2. The SMILES string of the molecule is CSCCC(NC(=O)C(CCC(N)=O)NC(=O)C(N)CC(=O)O)C(=O)NC(CS)C(=O)O. The van der Waals surface area contributed by atoms with Crippen molar-refractivity contribution in [3.63, 3.8) is 0 Å². The summed E-state index contributed by atoms with van der Waals surface area (Å²) in [6, 6.07) is -5.20. The molecule has 15 heteroatoms. The van der Waals surface area contributed by atoms with E-state index in [0.717, 1.165) is 0 Å². The number of carboxylic acid groups (broad SMARTS) is 2. The van der Waals surface area contributed by atoms with Crippen LogP contribution >= 0.6 is 24.4 Å². The van der Waals surface area contributed by atoms with E-state index in [9.17, 15) is 28.8 Å². The molecule has 0 bridgehead atoms. The van der Waals surface area contributed by atoms with Crippen LogP contribution in [-0.2, 0) is 28.8 Å². The molecule has 0 aliphatic rings. The normalized spacial score (nSPS) is 14.3. The van der Waals surface area contributed by atoms with Gasteiger partial charge in [0.1, 0.15) is 18.1 Å². The van der Waals surface area contributed by atoms with Crippen LogP contribution in [0.25, 0.3) is 0 Å². The average Bonchev–Trinajstić information content (AvgIpc) is 2.70. The molecule has 0 aromatic heterocycles. The summed E-state index contributed by atoms with van der Waals surface area (Å²) in [5.41, 5.74) is 10.6. The van der Waals surface area contributed by atoms with Gasteiger partial charge in [0.2, 0.25) is 23.6 Å². The van der Waals surface area contributed by atoms with E-state index in [-0.39, 0.29) is 25.0 Å². The Morgan fingerprint density at radius 1 is 0.906 bits per heavy atom. The number of carboxylic acids is 2. The van der Waals surface area contributed by atoms with Gasteiger partial charge in [0.05, 0.1) is 12.5 Å². The molecule has 0 fully saturated rings. The molecule has 32 heavy (non-hydrogen) atoms. The van der Waals surface area contributed by atoms with Gasteiger partial charge in [0.15, 0.2) is 0 Å². The molecule has 0 radical (unpaired) electrons. The van der Waals surface area contributed by atoms with E-state index in [1.807, 2.05) is 0 Å². The topological polar surface area (TPSA) is 231 Å². The number of primary amides is 1. The number of rotatable bonds is 16.